The molecule has 29 heavy (non-hydrogen) atoms. The van der Waals surface area contributed by atoms with E-state index < -0.39 is 15.6 Å². The molecule has 0 spiro atoms. The lowest BCUT2D eigenvalue weighted by Crippen LogP contribution is -2.50. The SMILES string of the molecule is CC(C)(C)OC(=O)N1CCC[C@@H]2CN(S(=O)(=O)c3cccc4cnccc34)C[C@@H]21. The summed E-state index contributed by atoms with van der Waals surface area (Å²) < 4.78 is 34.0. The van der Waals surface area contributed by atoms with E-state index in [-0.39, 0.29) is 18.1 Å². The molecule has 0 unspecified atom stereocenters. The van der Waals surface area contributed by atoms with Crippen molar-refractivity contribution >= 4 is 26.9 Å². The molecule has 7 nitrogen and oxygen atoms in total. The van der Waals surface area contributed by atoms with Gasteiger partial charge in [0.25, 0.3) is 0 Å². The van der Waals surface area contributed by atoms with Gasteiger partial charge in [-0.2, -0.15) is 4.31 Å². The van der Waals surface area contributed by atoms with Crippen LogP contribution in [0.4, 0.5) is 4.79 Å². The summed E-state index contributed by atoms with van der Waals surface area (Å²) in [5, 5.41) is 1.46. The lowest BCUT2D eigenvalue weighted by molar-refractivity contribution is 0.00643. The van der Waals surface area contributed by atoms with Gasteiger partial charge in [-0.25, -0.2) is 13.2 Å². The Bertz CT molecular complexity index is 1030. The second-order valence-corrected chi connectivity index (χ2v) is 10.7. The van der Waals surface area contributed by atoms with Crippen LogP contribution in [0, 0.1) is 5.92 Å². The molecular weight excluding hydrogens is 390 g/mol. The first-order chi connectivity index (χ1) is 13.7. The van der Waals surface area contributed by atoms with Crippen molar-refractivity contribution in [2.45, 2.75) is 50.2 Å². The maximum absolute atomic E-state index is 13.5. The highest BCUT2D eigenvalue weighted by Gasteiger charge is 2.46. The minimum atomic E-state index is -3.68. The number of sulfonamides is 1. The molecule has 3 heterocycles. The predicted molar refractivity (Wildman–Crippen MR) is 110 cm³/mol. The number of piperidine rings is 1. The lowest BCUT2D eigenvalue weighted by Gasteiger charge is -2.37. The van der Waals surface area contributed by atoms with Crippen LogP contribution in [0.15, 0.2) is 41.6 Å². The van der Waals surface area contributed by atoms with Gasteiger partial charge in [0.05, 0.1) is 10.9 Å². The average Bonchev–Trinajstić information content (AvgIpc) is 3.11. The Morgan fingerprint density at radius 1 is 1.21 bits per heavy atom. The maximum Gasteiger partial charge on any atom is 0.410 e. The molecule has 8 heteroatoms. The molecule has 2 aliphatic heterocycles. The van der Waals surface area contributed by atoms with Crippen LogP contribution < -0.4 is 0 Å². The van der Waals surface area contributed by atoms with Crippen molar-refractivity contribution in [3.63, 3.8) is 0 Å². The van der Waals surface area contributed by atoms with Gasteiger partial charge in [-0.05, 0) is 51.7 Å². The Labute approximate surface area is 171 Å². The molecule has 1 aromatic heterocycles. The summed E-state index contributed by atoms with van der Waals surface area (Å²) in [4.78, 5) is 18.8. The Morgan fingerprint density at radius 2 is 2.00 bits per heavy atom. The van der Waals surface area contributed by atoms with Crippen LogP contribution in [0.5, 0.6) is 0 Å². The van der Waals surface area contributed by atoms with E-state index >= 15 is 0 Å². The monoisotopic (exact) mass is 417 g/mol. The van der Waals surface area contributed by atoms with E-state index in [0.29, 0.717) is 29.9 Å². The minimum absolute atomic E-state index is 0.127. The van der Waals surface area contributed by atoms with Gasteiger partial charge in [-0.3, -0.25) is 4.98 Å². The summed E-state index contributed by atoms with van der Waals surface area (Å²) in [5.41, 5.74) is -0.578. The number of fused-ring (bicyclic) bond motifs is 2. The van der Waals surface area contributed by atoms with E-state index in [1.54, 1.807) is 35.5 Å². The fourth-order valence-corrected chi connectivity index (χ4v) is 6.07. The predicted octanol–water partition coefficient (Wildman–Crippen LogP) is 3.25. The molecule has 0 aliphatic carbocycles. The van der Waals surface area contributed by atoms with E-state index in [2.05, 4.69) is 4.98 Å². The van der Waals surface area contributed by atoms with Crippen LogP contribution in [0.3, 0.4) is 0 Å². The third-order valence-electron chi connectivity index (χ3n) is 5.63. The fraction of sp³-hybridized carbons (Fsp3) is 0.524. The second kappa shape index (κ2) is 7.25. The highest BCUT2D eigenvalue weighted by Crippen LogP contribution is 2.35. The van der Waals surface area contributed by atoms with Gasteiger partial charge in [0.15, 0.2) is 0 Å². The van der Waals surface area contributed by atoms with Crippen LogP contribution >= 0.6 is 0 Å². The molecule has 2 saturated heterocycles. The number of rotatable bonds is 2. The average molecular weight is 418 g/mol. The van der Waals surface area contributed by atoms with Crippen LogP contribution in [-0.2, 0) is 14.8 Å². The summed E-state index contributed by atoms with van der Waals surface area (Å²) in [6, 6.07) is 6.83. The molecule has 0 bridgehead atoms. The van der Waals surface area contributed by atoms with Crippen molar-refractivity contribution in [2.75, 3.05) is 19.6 Å². The molecular formula is C21H27N3O4S. The Morgan fingerprint density at radius 3 is 2.76 bits per heavy atom. The highest BCUT2D eigenvalue weighted by molar-refractivity contribution is 7.89. The minimum Gasteiger partial charge on any atom is -0.444 e. The van der Waals surface area contributed by atoms with Crippen molar-refractivity contribution in [2.24, 2.45) is 5.92 Å². The van der Waals surface area contributed by atoms with E-state index in [1.165, 1.54) is 4.31 Å². The standard InChI is InChI=1S/C21H27N3O4S/c1-21(2,3)28-20(25)24-11-5-7-16-13-23(14-18(16)24)29(26,27)19-8-4-6-15-12-22-10-9-17(15)19/h4,6,8-10,12,16,18H,5,7,11,13-14H2,1-3H3/t16-,18+/m1/s1. The van der Waals surface area contributed by atoms with E-state index in [1.807, 2.05) is 26.8 Å². The van der Waals surface area contributed by atoms with Crippen LogP contribution in [0.2, 0.25) is 0 Å². The van der Waals surface area contributed by atoms with Crippen LogP contribution in [0.1, 0.15) is 33.6 Å². The van der Waals surface area contributed by atoms with Gasteiger partial charge in [-0.1, -0.05) is 12.1 Å². The molecule has 1 amide bonds. The first-order valence-corrected chi connectivity index (χ1v) is 11.4. The van der Waals surface area contributed by atoms with Crippen molar-refractivity contribution in [1.82, 2.24) is 14.2 Å². The number of likely N-dealkylation sites (tertiary alicyclic amines) is 1. The van der Waals surface area contributed by atoms with Gasteiger partial charge in [0.1, 0.15) is 5.60 Å². The third-order valence-corrected chi connectivity index (χ3v) is 7.52. The van der Waals surface area contributed by atoms with Gasteiger partial charge in [-0.15, -0.1) is 0 Å². The number of carbonyl (C=O) groups is 1. The molecule has 2 atom stereocenters. The quantitative estimate of drug-likeness (QED) is 0.749. The molecule has 0 radical (unpaired) electrons. The number of nitrogens with zero attached hydrogens (tertiary/aromatic N) is 3. The molecule has 2 aliphatic rings. The van der Waals surface area contributed by atoms with Gasteiger partial charge < -0.3 is 9.64 Å². The van der Waals surface area contributed by atoms with Crippen molar-refractivity contribution in [1.29, 1.82) is 0 Å². The number of carbonyl (C=O) groups excluding carboxylic acids is 1. The Kier molecular flexibility index (Phi) is 5.02. The zero-order valence-corrected chi connectivity index (χ0v) is 17.9. The summed E-state index contributed by atoms with van der Waals surface area (Å²) in [6.07, 6.45) is 4.68. The molecule has 156 valence electrons. The van der Waals surface area contributed by atoms with Crippen LogP contribution in [0.25, 0.3) is 10.8 Å². The molecule has 2 fully saturated rings. The molecule has 0 saturated carbocycles. The Hall–Kier alpha value is -2.19. The number of amides is 1. The van der Waals surface area contributed by atoms with Gasteiger partial charge in [0, 0.05) is 42.8 Å². The van der Waals surface area contributed by atoms with Crippen molar-refractivity contribution in [3.05, 3.63) is 36.7 Å². The zero-order chi connectivity index (χ0) is 20.8. The third kappa shape index (κ3) is 3.83. The van der Waals surface area contributed by atoms with E-state index in [9.17, 15) is 13.2 Å². The number of ether oxygens (including phenoxy) is 1. The Balaban J connectivity index is 1.62. The van der Waals surface area contributed by atoms with E-state index in [4.69, 9.17) is 4.74 Å². The highest BCUT2D eigenvalue weighted by atomic mass is 32.2. The number of pyridine rings is 1. The zero-order valence-electron chi connectivity index (χ0n) is 17.0. The smallest absolute Gasteiger partial charge is 0.410 e. The lowest BCUT2D eigenvalue weighted by atomic mass is 9.92. The van der Waals surface area contributed by atoms with Gasteiger partial charge >= 0.3 is 6.09 Å². The summed E-state index contributed by atoms with van der Waals surface area (Å²) in [7, 11) is -3.68. The molecule has 4 rings (SSSR count). The molecule has 1 aromatic carbocycles. The van der Waals surface area contributed by atoms with Crippen molar-refractivity contribution < 1.29 is 17.9 Å². The van der Waals surface area contributed by atoms with Gasteiger partial charge in [0.2, 0.25) is 10.0 Å². The summed E-state index contributed by atoms with van der Waals surface area (Å²) >= 11 is 0. The van der Waals surface area contributed by atoms with E-state index in [0.717, 1.165) is 18.2 Å². The molecule has 0 N–H and O–H groups in total. The first-order valence-electron chi connectivity index (χ1n) is 9.99. The van der Waals surface area contributed by atoms with Crippen molar-refractivity contribution in [3.8, 4) is 0 Å². The normalized spacial score (nSPS) is 23.2. The molecule has 2 aromatic rings. The summed E-state index contributed by atoms with van der Waals surface area (Å²) in [5.74, 6) is 0.127. The topological polar surface area (TPSA) is 79.8 Å². The first kappa shape index (κ1) is 20.1. The second-order valence-electron chi connectivity index (χ2n) is 8.82. The number of hydrogen-bond acceptors (Lipinski definition) is 5. The number of benzene rings is 1. The number of hydrogen-bond donors (Lipinski definition) is 0. The number of aromatic nitrogens is 1. The fourth-order valence-electron chi connectivity index (χ4n) is 4.34. The summed E-state index contributed by atoms with van der Waals surface area (Å²) in [6.45, 7) is 6.85. The largest absolute Gasteiger partial charge is 0.444 e. The van der Waals surface area contributed by atoms with Crippen LogP contribution in [-0.4, -0.2) is 60.0 Å². The maximum atomic E-state index is 13.5.